The second-order valence-corrected chi connectivity index (χ2v) is 9.24. The number of para-hydroxylation sites is 1. The Morgan fingerprint density at radius 3 is 2.41 bits per heavy atom. The summed E-state index contributed by atoms with van der Waals surface area (Å²) in [6, 6.07) is 13.5. The van der Waals surface area contributed by atoms with Crippen LogP contribution in [0.25, 0.3) is 0 Å². The minimum Gasteiger partial charge on any atom is -0.481 e. The van der Waals surface area contributed by atoms with Crippen LogP contribution in [0.2, 0.25) is 0 Å². The Kier molecular flexibility index (Phi) is 7.25. The number of thiazole rings is 1. The van der Waals surface area contributed by atoms with Gasteiger partial charge in [0.15, 0.2) is 5.13 Å². The Morgan fingerprint density at radius 2 is 1.81 bits per heavy atom. The molecule has 0 radical (unpaired) electrons. The number of aromatic nitrogens is 1. The predicted molar refractivity (Wildman–Crippen MR) is 124 cm³/mol. The molecule has 3 rings (SSSR count). The average molecular weight is 456 g/mol. The SMILES string of the molecule is CC(C)(C)c1csc(N(Cc2ccc(C(=O)NCCC(=O)O)cc2)c2ccccc2F)n1. The largest absolute Gasteiger partial charge is 0.481 e. The molecular formula is C24H26FN3O3S. The Bertz CT molecular complexity index is 1090. The van der Waals surface area contributed by atoms with Crippen molar-refractivity contribution in [2.24, 2.45) is 0 Å². The molecule has 32 heavy (non-hydrogen) atoms. The maximum Gasteiger partial charge on any atom is 0.305 e. The predicted octanol–water partition coefficient (Wildman–Crippen LogP) is 5.12. The van der Waals surface area contributed by atoms with Crippen molar-refractivity contribution in [3.05, 3.63) is 76.5 Å². The zero-order valence-electron chi connectivity index (χ0n) is 18.3. The van der Waals surface area contributed by atoms with Gasteiger partial charge in [0.2, 0.25) is 0 Å². The van der Waals surface area contributed by atoms with Crippen molar-refractivity contribution in [2.45, 2.75) is 39.2 Å². The zero-order valence-corrected chi connectivity index (χ0v) is 19.1. The first kappa shape index (κ1) is 23.4. The summed E-state index contributed by atoms with van der Waals surface area (Å²) in [7, 11) is 0. The van der Waals surface area contributed by atoms with Crippen LogP contribution >= 0.6 is 11.3 Å². The normalized spacial score (nSPS) is 11.2. The number of aliphatic carboxylic acids is 1. The van der Waals surface area contributed by atoms with Gasteiger partial charge in [-0.05, 0) is 29.8 Å². The maximum atomic E-state index is 14.7. The van der Waals surface area contributed by atoms with Crippen LogP contribution in [0.1, 0.15) is 48.8 Å². The molecule has 2 aromatic carbocycles. The van der Waals surface area contributed by atoms with Crippen molar-refractivity contribution in [1.29, 1.82) is 0 Å². The van der Waals surface area contributed by atoms with Gasteiger partial charge in [0.1, 0.15) is 5.82 Å². The summed E-state index contributed by atoms with van der Waals surface area (Å²) in [6.07, 6.45) is -0.133. The number of rotatable bonds is 8. The highest BCUT2D eigenvalue weighted by Crippen LogP contribution is 2.35. The first-order chi connectivity index (χ1) is 15.1. The Labute approximate surface area is 190 Å². The van der Waals surface area contributed by atoms with Crippen molar-refractivity contribution >= 4 is 34.0 Å². The van der Waals surface area contributed by atoms with Crippen LogP contribution in [0.5, 0.6) is 0 Å². The quantitative estimate of drug-likeness (QED) is 0.493. The van der Waals surface area contributed by atoms with Gasteiger partial charge >= 0.3 is 5.97 Å². The van der Waals surface area contributed by atoms with Crippen molar-refractivity contribution in [2.75, 3.05) is 11.4 Å². The molecule has 0 aliphatic carbocycles. The Hall–Kier alpha value is -3.26. The summed E-state index contributed by atoms with van der Waals surface area (Å²) in [5.41, 5.74) is 2.55. The minimum absolute atomic E-state index is 0.0666. The molecule has 168 valence electrons. The van der Waals surface area contributed by atoms with Crippen LogP contribution in [0.3, 0.4) is 0 Å². The van der Waals surface area contributed by atoms with Crippen molar-refractivity contribution < 1.29 is 19.1 Å². The average Bonchev–Trinajstić information content (AvgIpc) is 3.23. The molecule has 0 atom stereocenters. The minimum atomic E-state index is -0.967. The second kappa shape index (κ2) is 9.91. The molecule has 0 bridgehead atoms. The number of carboxylic acids is 1. The van der Waals surface area contributed by atoms with E-state index in [0.29, 0.717) is 22.9 Å². The van der Waals surface area contributed by atoms with Crippen LogP contribution in [0, 0.1) is 5.82 Å². The highest BCUT2D eigenvalue weighted by Gasteiger charge is 2.22. The van der Waals surface area contributed by atoms with Crippen LogP contribution in [-0.4, -0.2) is 28.5 Å². The fourth-order valence-corrected chi connectivity index (χ4v) is 4.05. The lowest BCUT2D eigenvalue weighted by Gasteiger charge is -2.23. The molecule has 2 N–H and O–H groups in total. The van der Waals surface area contributed by atoms with Gasteiger partial charge in [0, 0.05) is 22.9 Å². The van der Waals surface area contributed by atoms with E-state index < -0.39 is 5.97 Å². The summed E-state index contributed by atoms with van der Waals surface area (Å²) < 4.78 is 14.7. The summed E-state index contributed by atoms with van der Waals surface area (Å²) in [4.78, 5) is 29.3. The van der Waals surface area contributed by atoms with E-state index in [1.807, 2.05) is 10.3 Å². The third kappa shape index (κ3) is 5.91. The number of carbonyl (C=O) groups is 2. The van der Waals surface area contributed by atoms with Gasteiger partial charge in [-0.2, -0.15) is 0 Å². The fraction of sp³-hybridized carbons (Fsp3) is 0.292. The van der Waals surface area contributed by atoms with E-state index in [-0.39, 0.29) is 30.1 Å². The number of nitrogens with one attached hydrogen (secondary N) is 1. The van der Waals surface area contributed by atoms with Crippen LogP contribution in [0.4, 0.5) is 15.2 Å². The van der Waals surface area contributed by atoms with Crippen molar-refractivity contribution in [3.63, 3.8) is 0 Å². The zero-order chi connectivity index (χ0) is 23.3. The topological polar surface area (TPSA) is 82.5 Å². The Morgan fingerprint density at radius 1 is 1.12 bits per heavy atom. The van der Waals surface area contributed by atoms with E-state index in [2.05, 4.69) is 26.1 Å². The molecule has 0 aliphatic rings. The number of hydrogen-bond donors (Lipinski definition) is 2. The number of hydrogen-bond acceptors (Lipinski definition) is 5. The molecule has 0 fully saturated rings. The van der Waals surface area contributed by atoms with Crippen molar-refractivity contribution in [3.8, 4) is 0 Å². The van der Waals surface area contributed by atoms with E-state index in [4.69, 9.17) is 10.1 Å². The van der Waals surface area contributed by atoms with Crippen LogP contribution in [-0.2, 0) is 16.8 Å². The standard InChI is InChI=1S/C24H26FN3O3S/c1-24(2,3)20-15-32-23(27-20)28(19-7-5-4-6-18(19)25)14-16-8-10-17(11-9-16)22(31)26-13-12-21(29)30/h4-11,15H,12-14H2,1-3H3,(H,26,31)(H,29,30). The fourth-order valence-electron chi connectivity index (χ4n) is 2.99. The molecule has 1 aromatic heterocycles. The number of nitrogens with zero attached hydrogens (tertiary/aromatic N) is 2. The molecule has 1 amide bonds. The first-order valence-corrected chi connectivity index (χ1v) is 11.1. The van der Waals surface area contributed by atoms with Gasteiger partial charge in [0.25, 0.3) is 5.91 Å². The molecule has 6 nitrogen and oxygen atoms in total. The van der Waals surface area contributed by atoms with Crippen molar-refractivity contribution in [1.82, 2.24) is 10.3 Å². The summed E-state index contributed by atoms with van der Waals surface area (Å²) in [6.45, 7) is 6.69. The van der Waals surface area contributed by atoms with E-state index in [1.165, 1.54) is 17.4 Å². The number of halogens is 1. The van der Waals surface area contributed by atoms with E-state index in [0.717, 1.165) is 11.3 Å². The van der Waals surface area contributed by atoms with Gasteiger partial charge in [-0.15, -0.1) is 11.3 Å². The third-order valence-corrected chi connectivity index (χ3v) is 5.68. The van der Waals surface area contributed by atoms with Crippen LogP contribution < -0.4 is 10.2 Å². The van der Waals surface area contributed by atoms with Gasteiger partial charge < -0.3 is 15.3 Å². The van der Waals surface area contributed by atoms with E-state index in [9.17, 15) is 14.0 Å². The highest BCUT2D eigenvalue weighted by atomic mass is 32.1. The lowest BCUT2D eigenvalue weighted by molar-refractivity contribution is -0.136. The smallest absolute Gasteiger partial charge is 0.305 e. The lowest BCUT2D eigenvalue weighted by atomic mass is 9.93. The summed E-state index contributed by atoms with van der Waals surface area (Å²) >= 11 is 1.46. The highest BCUT2D eigenvalue weighted by molar-refractivity contribution is 7.13. The molecule has 0 spiro atoms. The third-order valence-electron chi connectivity index (χ3n) is 4.82. The Balaban J connectivity index is 1.83. The number of carboxylic acid groups (broad SMARTS) is 1. The molecule has 0 saturated carbocycles. The van der Waals surface area contributed by atoms with Gasteiger partial charge in [-0.3, -0.25) is 9.59 Å². The number of benzene rings is 2. The van der Waals surface area contributed by atoms with Gasteiger partial charge in [0.05, 0.1) is 24.3 Å². The first-order valence-electron chi connectivity index (χ1n) is 10.2. The van der Waals surface area contributed by atoms with E-state index in [1.54, 1.807) is 42.5 Å². The number of amides is 1. The molecular weight excluding hydrogens is 429 g/mol. The number of anilines is 2. The van der Waals surface area contributed by atoms with Crippen LogP contribution in [0.15, 0.2) is 53.9 Å². The summed E-state index contributed by atoms with van der Waals surface area (Å²) in [5.74, 6) is -1.64. The van der Waals surface area contributed by atoms with E-state index >= 15 is 0 Å². The maximum absolute atomic E-state index is 14.7. The molecule has 3 aromatic rings. The molecule has 8 heteroatoms. The monoisotopic (exact) mass is 455 g/mol. The second-order valence-electron chi connectivity index (χ2n) is 8.40. The molecule has 0 saturated heterocycles. The number of carbonyl (C=O) groups excluding carboxylic acids is 1. The van der Waals surface area contributed by atoms with Gasteiger partial charge in [-0.25, -0.2) is 9.37 Å². The summed E-state index contributed by atoms with van der Waals surface area (Å²) in [5, 5.41) is 13.9. The molecule has 0 aliphatic heterocycles. The van der Waals surface area contributed by atoms with Gasteiger partial charge in [-0.1, -0.05) is 45.0 Å². The molecule has 0 unspecified atom stereocenters. The lowest BCUT2D eigenvalue weighted by Crippen LogP contribution is -2.26. The molecule has 1 heterocycles.